The summed E-state index contributed by atoms with van der Waals surface area (Å²) in [6, 6.07) is 0. The number of hydrogen-bond donors (Lipinski definition) is 1. The SMILES string of the molecule is CCC(C)(N[PH+]=O)C(=O)OC(C)C. The summed E-state index contributed by atoms with van der Waals surface area (Å²) in [7, 11) is -0.695. The molecule has 0 aromatic carbocycles. The lowest BCUT2D eigenvalue weighted by molar-refractivity contribution is -0.154. The molecule has 0 aliphatic carbocycles. The van der Waals surface area contributed by atoms with Crippen LogP contribution in [0.5, 0.6) is 0 Å². The van der Waals surface area contributed by atoms with Crippen LogP contribution in [0.1, 0.15) is 34.1 Å². The van der Waals surface area contributed by atoms with Crippen molar-refractivity contribution < 1.29 is 14.1 Å². The van der Waals surface area contributed by atoms with Crippen molar-refractivity contribution in [2.75, 3.05) is 0 Å². The molecule has 4 nitrogen and oxygen atoms in total. The van der Waals surface area contributed by atoms with Crippen molar-refractivity contribution in [2.45, 2.75) is 45.8 Å². The van der Waals surface area contributed by atoms with Gasteiger partial charge < -0.3 is 4.74 Å². The largest absolute Gasteiger partial charge is 0.461 e. The summed E-state index contributed by atoms with van der Waals surface area (Å²) in [5.74, 6) is -0.353. The molecule has 2 unspecified atom stereocenters. The van der Waals surface area contributed by atoms with Gasteiger partial charge in [-0.2, -0.15) is 0 Å². The molecule has 0 aliphatic rings. The van der Waals surface area contributed by atoms with Crippen LogP contribution in [0, 0.1) is 0 Å². The third-order valence-electron chi connectivity index (χ3n) is 1.83. The highest BCUT2D eigenvalue weighted by Crippen LogP contribution is 2.15. The monoisotopic (exact) mass is 206 g/mol. The molecule has 0 aromatic heterocycles. The van der Waals surface area contributed by atoms with Gasteiger partial charge in [0, 0.05) is 0 Å². The number of nitrogens with one attached hydrogen (secondary N) is 1. The minimum absolute atomic E-state index is 0.143. The number of hydrogen-bond acceptors (Lipinski definition) is 3. The van der Waals surface area contributed by atoms with E-state index in [-0.39, 0.29) is 12.1 Å². The Morgan fingerprint density at radius 1 is 1.62 bits per heavy atom. The molecule has 13 heavy (non-hydrogen) atoms. The number of ether oxygens (including phenoxy) is 1. The van der Waals surface area contributed by atoms with Crippen LogP contribution in [0.3, 0.4) is 0 Å². The molecular weight excluding hydrogens is 189 g/mol. The van der Waals surface area contributed by atoms with Gasteiger partial charge in [-0.25, -0.2) is 4.79 Å². The third kappa shape index (κ3) is 3.83. The lowest BCUT2D eigenvalue weighted by Gasteiger charge is -2.22. The molecule has 2 atom stereocenters. The first-order valence-electron chi connectivity index (χ1n) is 4.31. The topological polar surface area (TPSA) is 55.4 Å². The van der Waals surface area contributed by atoms with Gasteiger partial charge in [-0.3, -0.25) is 0 Å². The van der Waals surface area contributed by atoms with E-state index < -0.39 is 14.1 Å². The molecule has 0 saturated carbocycles. The van der Waals surface area contributed by atoms with Gasteiger partial charge in [-0.15, -0.1) is 0 Å². The lowest BCUT2D eigenvalue weighted by Crippen LogP contribution is -2.46. The summed E-state index contributed by atoms with van der Waals surface area (Å²) in [4.78, 5) is 11.5. The molecule has 0 aliphatic heterocycles. The summed E-state index contributed by atoms with van der Waals surface area (Å²) < 4.78 is 15.4. The molecule has 0 bridgehead atoms. The van der Waals surface area contributed by atoms with Gasteiger partial charge >= 0.3 is 14.6 Å². The van der Waals surface area contributed by atoms with Crippen molar-refractivity contribution in [1.29, 1.82) is 0 Å². The fourth-order valence-corrected chi connectivity index (χ4v) is 1.24. The van der Waals surface area contributed by atoms with Gasteiger partial charge in [-0.05, 0) is 27.2 Å². The maximum absolute atomic E-state index is 11.5. The van der Waals surface area contributed by atoms with Gasteiger partial charge in [0.25, 0.3) is 0 Å². The molecule has 0 aromatic rings. The highest BCUT2D eigenvalue weighted by atomic mass is 31.1. The molecule has 0 heterocycles. The Hall–Kier alpha value is -0.470. The van der Waals surface area contributed by atoms with Gasteiger partial charge in [-0.1, -0.05) is 16.6 Å². The van der Waals surface area contributed by atoms with Crippen LogP contribution >= 0.6 is 8.61 Å². The first-order valence-corrected chi connectivity index (χ1v) is 5.22. The third-order valence-corrected chi connectivity index (χ3v) is 2.48. The predicted molar refractivity (Wildman–Crippen MR) is 52.1 cm³/mol. The normalized spacial score (nSPS) is 15.8. The average molecular weight is 206 g/mol. The Morgan fingerprint density at radius 2 is 2.15 bits per heavy atom. The molecule has 0 saturated heterocycles. The standard InChI is InChI=1S/C8H16NO3P/c1-5-8(4,9-13-11)7(10)12-6(2)3/h6H,5H2,1-4H3,(H,9,11)/p+1. The fourth-order valence-electron chi connectivity index (χ4n) is 0.741. The van der Waals surface area contributed by atoms with E-state index >= 15 is 0 Å². The Balaban J connectivity index is 4.37. The second-order valence-electron chi connectivity index (χ2n) is 3.37. The van der Waals surface area contributed by atoms with E-state index in [2.05, 4.69) is 5.09 Å². The van der Waals surface area contributed by atoms with E-state index in [1.807, 2.05) is 6.92 Å². The van der Waals surface area contributed by atoms with E-state index in [9.17, 15) is 9.36 Å². The highest BCUT2D eigenvalue weighted by molar-refractivity contribution is 7.21. The summed E-state index contributed by atoms with van der Waals surface area (Å²) in [5, 5.41) is 2.61. The van der Waals surface area contributed by atoms with E-state index in [4.69, 9.17) is 4.74 Å². The van der Waals surface area contributed by atoms with E-state index in [1.54, 1.807) is 20.8 Å². The summed E-state index contributed by atoms with van der Waals surface area (Å²) in [5.41, 5.74) is -0.829. The van der Waals surface area contributed by atoms with Crippen LogP contribution in [0.2, 0.25) is 0 Å². The van der Waals surface area contributed by atoms with Crippen LogP contribution in [0.25, 0.3) is 0 Å². The van der Waals surface area contributed by atoms with Crippen molar-refractivity contribution in [3.05, 3.63) is 0 Å². The molecule has 0 fully saturated rings. The molecule has 0 spiro atoms. The molecule has 5 heteroatoms. The minimum Gasteiger partial charge on any atom is -0.461 e. The summed E-state index contributed by atoms with van der Waals surface area (Å²) >= 11 is 0. The number of carbonyl (C=O) groups is 1. The highest BCUT2D eigenvalue weighted by Gasteiger charge is 2.36. The number of carbonyl (C=O) groups excluding carboxylic acids is 1. The van der Waals surface area contributed by atoms with E-state index in [1.165, 1.54) is 0 Å². The zero-order valence-corrected chi connectivity index (χ0v) is 9.51. The average Bonchev–Trinajstić information content (AvgIpc) is 2.03. The van der Waals surface area contributed by atoms with Gasteiger partial charge in [0.15, 0.2) is 5.54 Å². The van der Waals surface area contributed by atoms with Crippen LogP contribution in [0.4, 0.5) is 0 Å². The van der Waals surface area contributed by atoms with Crippen LogP contribution in [-0.2, 0) is 14.1 Å². The summed E-state index contributed by atoms with van der Waals surface area (Å²) in [6.07, 6.45) is 0.406. The molecular formula is C8H17NO3P+. The van der Waals surface area contributed by atoms with Gasteiger partial charge in [0.1, 0.15) is 0 Å². The van der Waals surface area contributed by atoms with E-state index in [0.29, 0.717) is 6.42 Å². The van der Waals surface area contributed by atoms with Gasteiger partial charge in [0.2, 0.25) is 0 Å². The Morgan fingerprint density at radius 3 is 2.46 bits per heavy atom. The molecule has 0 amide bonds. The Bertz CT molecular complexity index is 196. The maximum Gasteiger partial charge on any atom is 0.419 e. The molecule has 76 valence electrons. The van der Waals surface area contributed by atoms with Crippen molar-refractivity contribution in [3.8, 4) is 0 Å². The fraction of sp³-hybridized carbons (Fsp3) is 0.875. The van der Waals surface area contributed by atoms with Crippen molar-refractivity contribution in [1.82, 2.24) is 5.09 Å². The van der Waals surface area contributed by atoms with Crippen LogP contribution in [0.15, 0.2) is 0 Å². The first-order chi connectivity index (χ1) is 5.96. The second-order valence-corrected chi connectivity index (χ2v) is 3.82. The van der Waals surface area contributed by atoms with Gasteiger partial charge in [0.05, 0.1) is 6.10 Å². The quantitative estimate of drug-likeness (QED) is 0.548. The van der Waals surface area contributed by atoms with Crippen molar-refractivity contribution in [2.24, 2.45) is 0 Å². The summed E-state index contributed by atoms with van der Waals surface area (Å²) in [6.45, 7) is 7.10. The zero-order valence-electron chi connectivity index (χ0n) is 8.51. The van der Waals surface area contributed by atoms with Crippen molar-refractivity contribution >= 4 is 14.6 Å². The smallest absolute Gasteiger partial charge is 0.419 e. The van der Waals surface area contributed by atoms with Crippen LogP contribution < -0.4 is 5.09 Å². The maximum atomic E-state index is 11.5. The Labute approximate surface area is 80.3 Å². The molecule has 0 radical (unpaired) electrons. The lowest BCUT2D eigenvalue weighted by atomic mass is 10.0. The zero-order chi connectivity index (χ0) is 10.5. The minimum atomic E-state index is -0.829. The first kappa shape index (κ1) is 12.5. The van der Waals surface area contributed by atoms with Crippen molar-refractivity contribution in [3.63, 3.8) is 0 Å². The number of rotatable bonds is 5. The number of esters is 1. The van der Waals surface area contributed by atoms with E-state index in [0.717, 1.165) is 0 Å². The Kier molecular flexibility index (Phi) is 5.11. The predicted octanol–water partition coefficient (Wildman–Crippen LogP) is 1.64. The second kappa shape index (κ2) is 5.30. The van der Waals surface area contributed by atoms with Crippen LogP contribution in [-0.4, -0.2) is 17.6 Å². The molecule has 1 N–H and O–H groups in total. The molecule has 0 rings (SSSR count).